The van der Waals surface area contributed by atoms with Crippen LogP contribution in [0.25, 0.3) is 0 Å². The number of piperazine rings is 1. The Morgan fingerprint density at radius 2 is 2.07 bits per heavy atom. The highest BCUT2D eigenvalue weighted by Gasteiger charge is 2.35. The van der Waals surface area contributed by atoms with Crippen LogP contribution in [-0.4, -0.2) is 57.2 Å². The molecule has 0 unspecified atom stereocenters. The molecule has 1 saturated heterocycles. The normalized spacial score (nSPS) is 20.4. The molecule has 0 spiro atoms. The lowest BCUT2D eigenvalue weighted by Gasteiger charge is -2.36. The third-order valence-corrected chi connectivity index (χ3v) is 6.25. The Morgan fingerprint density at radius 1 is 1.29 bits per heavy atom. The van der Waals surface area contributed by atoms with Crippen LogP contribution < -0.4 is 4.90 Å². The number of quaternary nitrogens is 1. The fourth-order valence-corrected chi connectivity index (χ4v) is 4.72. The quantitative estimate of drug-likeness (QED) is 0.815. The summed E-state index contributed by atoms with van der Waals surface area (Å²) in [4.78, 5) is 15.9. The monoisotopic (exact) mass is 387 g/mol. The second-order valence-corrected chi connectivity index (χ2v) is 8.04. The van der Waals surface area contributed by atoms with Crippen molar-refractivity contribution in [3.63, 3.8) is 0 Å². The lowest BCUT2D eigenvalue weighted by atomic mass is 9.95. The highest BCUT2D eigenvalue weighted by molar-refractivity contribution is 5.91. The molecule has 8 heteroatoms. The molecule has 2 aliphatic rings. The van der Waals surface area contributed by atoms with E-state index in [4.69, 9.17) is 4.42 Å². The van der Waals surface area contributed by atoms with Gasteiger partial charge in [0.25, 0.3) is 5.91 Å². The molecule has 1 N–H and O–H groups in total. The first-order valence-electron chi connectivity index (χ1n) is 10.7. The molecule has 4 rings (SSSR count). The van der Waals surface area contributed by atoms with Gasteiger partial charge in [0.05, 0.1) is 38.5 Å². The van der Waals surface area contributed by atoms with E-state index >= 15 is 0 Å². The van der Waals surface area contributed by atoms with Crippen molar-refractivity contribution in [2.45, 2.75) is 64.0 Å². The summed E-state index contributed by atoms with van der Waals surface area (Å²) in [7, 11) is 0. The summed E-state index contributed by atoms with van der Waals surface area (Å²) in [6.07, 6.45) is 9.93. The Kier molecular flexibility index (Phi) is 6.04. The van der Waals surface area contributed by atoms with Crippen LogP contribution in [0.3, 0.4) is 0 Å². The predicted octanol–water partition coefficient (Wildman–Crippen LogP) is 1.65. The zero-order valence-electron chi connectivity index (χ0n) is 16.7. The van der Waals surface area contributed by atoms with Gasteiger partial charge in [0.2, 0.25) is 5.82 Å². The lowest BCUT2D eigenvalue weighted by molar-refractivity contribution is -0.936. The molecule has 2 aromatic rings. The van der Waals surface area contributed by atoms with Crippen LogP contribution in [0.5, 0.6) is 0 Å². The number of hydrogen-bond donors (Lipinski definition) is 1. The van der Waals surface area contributed by atoms with Gasteiger partial charge in [-0.1, -0.05) is 32.6 Å². The van der Waals surface area contributed by atoms with Crippen LogP contribution in [0.15, 0.2) is 22.8 Å². The Labute approximate surface area is 165 Å². The molecule has 0 bridgehead atoms. The molecule has 8 nitrogen and oxygen atoms in total. The van der Waals surface area contributed by atoms with Gasteiger partial charge in [0, 0.05) is 6.42 Å². The maximum atomic E-state index is 12.5. The van der Waals surface area contributed by atoms with Crippen molar-refractivity contribution >= 4 is 5.91 Å². The van der Waals surface area contributed by atoms with E-state index in [0.29, 0.717) is 17.8 Å². The van der Waals surface area contributed by atoms with Gasteiger partial charge in [0.1, 0.15) is 6.04 Å². The fraction of sp³-hybridized carbons (Fsp3) is 0.700. The number of aromatic nitrogens is 4. The lowest BCUT2D eigenvalue weighted by Crippen LogP contribution is -3.15. The average molecular weight is 388 g/mol. The molecule has 3 heterocycles. The maximum absolute atomic E-state index is 12.5. The number of carbonyl (C=O) groups is 1. The summed E-state index contributed by atoms with van der Waals surface area (Å²) in [5, 5.41) is 12.9. The second kappa shape index (κ2) is 8.86. The largest absolute Gasteiger partial charge is 0.459 e. The van der Waals surface area contributed by atoms with E-state index in [2.05, 4.69) is 27.1 Å². The first-order chi connectivity index (χ1) is 13.8. The molecule has 1 atom stereocenters. The topological polar surface area (TPSA) is 81.5 Å². The van der Waals surface area contributed by atoms with Gasteiger partial charge in [-0.15, -0.1) is 5.10 Å². The van der Waals surface area contributed by atoms with Gasteiger partial charge in [-0.2, -0.15) is 0 Å². The molecular weight excluding hydrogens is 356 g/mol. The van der Waals surface area contributed by atoms with Gasteiger partial charge >= 0.3 is 0 Å². The van der Waals surface area contributed by atoms with E-state index in [9.17, 15) is 4.79 Å². The van der Waals surface area contributed by atoms with E-state index in [-0.39, 0.29) is 5.91 Å². The highest BCUT2D eigenvalue weighted by atomic mass is 16.3. The van der Waals surface area contributed by atoms with E-state index in [1.807, 2.05) is 4.90 Å². The number of amides is 1. The highest BCUT2D eigenvalue weighted by Crippen LogP contribution is 2.29. The van der Waals surface area contributed by atoms with Crippen LogP contribution in [0.2, 0.25) is 0 Å². The molecule has 2 aromatic heterocycles. The van der Waals surface area contributed by atoms with Crippen molar-refractivity contribution in [1.29, 1.82) is 0 Å². The summed E-state index contributed by atoms with van der Waals surface area (Å²) >= 11 is 0. The summed E-state index contributed by atoms with van der Waals surface area (Å²) in [5.41, 5.74) is 0. The number of tetrazole rings is 1. The summed E-state index contributed by atoms with van der Waals surface area (Å²) < 4.78 is 7.39. The first-order valence-corrected chi connectivity index (χ1v) is 10.7. The maximum Gasteiger partial charge on any atom is 0.289 e. The number of rotatable bonds is 6. The molecule has 28 heavy (non-hydrogen) atoms. The molecule has 0 aromatic carbocycles. The van der Waals surface area contributed by atoms with Crippen molar-refractivity contribution < 1.29 is 14.1 Å². The molecule has 152 valence electrons. The number of hydrogen-bond acceptors (Lipinski definition) is 5. The number of furan rings is 1. The van der Waals surface area contributed by atoms with E-state index < -0.39 is 0 Å². The zero-order chi connectivity index (χ0) is 19.3. The summed E-state index contributed by atoms with van der Waals surface area (Å²) in [5.74, 6) is 1.45. The first kappa shape index (κ1) is 19.1. The Hall–Kier alpha value is -2.22. The van der Waals surface area contributed by atoms with Gasteiger partial charge in [0.15, 0.2) is 5.76 Å². The van der Waals surface area contributed by atoms with E-state index in [0.717, 1.165) is 44.8 Å². The van der Waals surface area contributed by atoms with Gasteiger partial charge in [-0.3, -0.25) is 4.79 Å². The van der Waals surface area contributed by atoms with Crippen molar-refractivity contribution in [3.8, 4) is 0 Å². The van der Waals surface area contributed by atoms with E-state index in [1.54, 1.807) is 18.4 Å². The SMILES string of the molecule is CCC[C@@H](c1nnnn1C1CCCCC1)[NH+]1CCN(C(=O)c2ccco2)CC1. The second-order valence-electron chi connectivity index (χ2n) is 8.04. The third-order valence-electron chi connectivity index (χ3n) is 6.25. The van der Waals surface area contributed by atoms with Gasteiger partial charge in [-0.05, 0) is 35.4 Å². The minimum atomic E-state index is -0.0110. The smallest absolute Gasteiger partial charge is 0.289 e. The Balaban J connectivity index is 1.45. The molecule has 2 fully saturated rings. The molecular formula is C20H31N6O2+. The van der Waals surface area contributed by atoms with Crippen LogP contribution in [0, 0.1) is 0 Å². The minimum Gasteiger partial charge on any atom is -0.459 e. The number of nitrogens with zero attached hydrogens (tertiary/aromatic N) is 5. The minimum absolute atomic E-state index is 0.0110. The molecule has 1 aliphatic carbocycles. The van der Waals surface area contributed by atoms with Crippen molar-refractivity contribution in [3.05, 3.63) is 30.0 Å². The van der Waals surface area contributed by atoms with Crippen molar-refractivity contribution in [1.82, 2.24) is 25.1 Å². The van der Waals surface area contributed by atoms with Crippen LogP contribution >= 0.6 is 0 Å². The summed E-state index contributed by atoms with van der Waals surface area (Å²) in [6, 6.07) is 4.23. The predicted molar refractivity (Wildman–Crippen MR) is 103 cm³/mol. The van der Waals surface area contributed by atoms with Crippen molar-refractivity contribution in [2.24, 2.45) is 0 Å². The van der Waals surface area contributed by atoms with Gasteiger partial charge in [-0.25, -0.2) is 4.68 Å². The Morgan fingerprint density at radius 3 is 2.75 bits per heavy atom. The standard InChI is InChI=1S/C20H30N6O2/c1-2-7-17(19-21-22-23-26(19)16-8-4-3-5-9-16)24-11-13-25(14-12-24)20(27)18-10-6-15-28-18/h6,10,15-17H,2-5,7-9,11-14H2,1H3/p+1/t17-/m0/s1. The average Bonchev–Trinajstić information content (AvgIpc) is 3.44. The summed E-state index contributed by atoms with van der Waals surface area (Å²) in [6.45, 7) is 5.52. The van der Waals surface area contributed by atoms with Gasteiger partial charge < -0.3 is 14.2 Å². The van der Waals surface area contributed by atoms with Crippen LogP contribution in [0.1, 0.15) is 80.3 Å². The van der Waals surface area contributed by atoms with Crippen LogP contribution in [0.4, 0.5) is 0 Å². The van der Waals surface area contributed by atoms with Crippen molar-refractivity contribution in [2.75, 3.05) is 26.2 Å². The molecule has 1 aliphatic heterocycles. The number of nitrogens with one attached hydrogen (secondary N) is 1. The third kappa shape index (κ3) is 3.97. The molecule has 1 amide bonds. The van der Waals surface area contributed by atoms with E-state index in [1.165, 1.54) is 37.0 Å². The van der Waals surface area contributed by atoms with Crippen LogP contribution in [-0.2, 0) is 0 Å². The fourth-order valence-electron chi connectivity index (χ4n) is 4.72. The molecule has 0 radical (unpaired) electrons. The Bertz CT molecular complexity index is 745. The number of carbonyl (C=O) groups excluding carboxylic acids is 1. The zero-order valence-corrected chi connectivity index (χ0v) is 16.7. The molecule has 1 saturated carbocycles.